The number of benzene rings is 1. The number of ketones is 2. The molecule has 270 valence electrons. The molecule has 21 heteroatoms. The molecule has 4 aliphatic rings. The summed E-state index contributed by atoms with van der Waals surface area (Å²) in [5.41, 5.74) is -2.48. The molecule has 1 aromatic carbocycles. The first-order valence-electron chi connectivity index (χ1n) is 14.5. The molecule has 0 saturated heterocycles. The fourth-order valence-corrected chi connectivity index (χ4v) is 10.0. The number of rotatable bonds is 10. The Bertz CT molecular complexity index is 1720. The highest BCUT2D eigenvalue weighted by atomic mass is 79.9. The Morgan fingerprint density at radius 3 is 1.74 bits per heavy atom. The van der Waals surface area contributed by atoms with E-state index in [2.05, 4.69) is 117 Å². The number of hydrogen-bond donors (Lipinski definition) is 6. The van der Waals surface area contributed by atoms with Crippen molar-refractivity contribution in [1.29, 1.82) is 0 Å². The number of Topliss-reactive ketones (excluding diaryl/α,β-unsaturated/α-hetero) is 2. The van der Waals surface area contributed by atoms with E-state index >= 15 is 0 Å². The topological polar surface area (TPSA) is 226 Å². The van der Waals surface area contributed by atoms with Gasteiger partial charge in [-0.25, -0.2) is 0 Å². The molecular weight excluding hydrogens is 1060 g/mol. The molecular formula is C29H26Br6N4O11. The first-order chi connectivity index (χ1) is 23.5. The van der Waals surface area contributed by atoms with Gasteiger partial charge < -0.3 is 45.5 Å². The molecule has 2 spiro atoms. The van der Waals surface area contributed by atoms with Gasteiger partial charge in [0, 0.05) is 25.9 Å². The molecule has 2 amide bonds. The van der Waals surface area contributed by atoms with Crippen LogP contribution in [0.2, 0.25) is 0 Å². The predicted octanol–water partition coefficient (Wildman–Crippen LogP) is 2.22. The first kappa shape index (κ1) is 39.6. The van der Waals surface area contributed by atoms with Gasteiger partial charge in [0.05, 0.1) is 24.0 Å². The molecule has 0 radical (unpaired) electrons. The summed E-state index contributed by atoms with van der Waals surface area (Å²) in [6.45, 7) is -0.653. The minimum Gasteiger partial charge on any atom is -0.488 e. The monoisotopic (exact) mass is 1080 g/mol. The fraction of sp³-hybridized carbons (Fsp3) is 0.448. The lowest BCUT2D eigenvalue weighted by Gasteiger charge is -2.34. The van der Waals surface area contributed by atoms with Crippen molar-refractivity contribution >= 4 is 130 Å². The summed E-state index contributed by atoms with van der Waals surface area (Å²) in [4.78, 5) is 58.6. The summed E-state index contributed by atoms with van der Waals surface area (Å²) < 4.78 is 6.94. The zero-order valence-electron chi connectivity index (χ0n) is 25.1. The van der Waals surface area contributed by atoms with Crippen LogP contribution in [0.25, 0.3) is 0 Å². The molecule has 0 fully saturated rings. The van der Waals surface area contributed by atoms with Crippen LogP contribution in [-0.4, -0.2) is 114 Å². The molecule has 0 unspecified atom stereocenters. The van der Waals surface area contributed by atoms with Gasteiger partial charge in [0.1, 0.15) is 51.7 Å². The number of amides is 2. The Morgan fingerprint density at radius 2 is 1.28 bits per heavy atom. The lowest BCUT2D eigenvalue weighted by Crippen LogP contribution is -2.52. The maximum Gasteiger partial charge on any atom is 0.269 e. The van der Waals surface area contributed by atoms with Gasteiger partial charge in [0.2, 0.25) is 0 Å². The Balaban J connectivity index is 1.09. The molecule has 1 aromatic rings. The minimum atomic E-state index is -1.41. The van der Waals surface area contributed by atoms with Gasteiger partial charge >= 0.3 is 0 Å². The van der Waals surface area contributed by atoms with Crippen LogP contribution in [0.15, 0.2) is 52.5 Å². The number of nitrogens with zero attached hydrogens (tertiary/aromatic N) is 2. The standard InChI is InChI=1S/C29H26Br6N4O11/c30-12-1-10(18(41)8-37-27(47)17-6-29(50-39-17)4-15(33)22(43)20(35)25(29)45)2-13(31)23(12)48-9-11(40)7-36-26(46)16-5-28(49-38-16)3-14(32)21(42)19(34)24(28)44/h1-4,11,18-20,24-25,40-41,44-45H,5-9H2,(H,36,46)(H,37,47)/t11-,18+,19+,20+,24+,25+,28-,29-/m1/s1. The Morgan fingerprint density at radius 1 is 0.840 bits per heavy atom. The van der Waals surface area contributed by atoms with Crippen LogP contribution in [0.1, 0.15) is 24.5 Å². The van der Waals surface area contributed by atoms with E-state index < -0.39 is 57.1 Å². The van der Waals surface area contributed by atoms with Crippen LogP contribution in [-0.2, 0) is 28.9 Å². The highest BCUT2D eigenvalue weighted by Crippen LogP contribution is 2.41. The van der Waals surface area contributed by atoms with Gasteiger partial charge in [-0.2, -0.15) is 0 Å². The van der Waals surface area contributed by atoms with E-state index in [1.165, 1.54) is 12.2 Å². The van der Waals surface area contributed by atoms with Crippen LogP contribution in [0, 0.1) is 0 Å². The third-order valence-corrected chi connectivity index (χ3v) is 12.4. The number of alkyl halides is 2. The second-order valence-corrected chi connectivity index (χ2v) is 17.0. The van der Waals surface area contributed by atoms with E-state index in [0.717, 1.165) is 0 Å². The Kier molecular flexibility index (Phi) is 12.5. The highest BCUT2D eigenvalue weighted by molar-refractivity contribution is 9.12. The van der Waals surface area contributed by atoms with Crippen molar-refractivity contribution in [3.63, 3.8) is 0 Å². The quantitative estimate of drug-likeness (QED) is 0.187. The third kappa shape index (κ3) is 8.01. The lowest BCUT2D eigenvalue weighted by molar-refractivity contribution is -0.125. The van der Waals surface area contributed by atoms with E-state index in [0.29, 0.717) is 20.3 Å². The molecule has 8 atom stereocenters. The molecule has 6 N–H and O–H groups in total. The molecule has 15 nitrogen and oxygen atoms in total. The first-order valence-corrected chi connectivity index (χ1v) is 19.5. The Hall–Kier alpha value is -1.56. The highest BCUT2D eigenvalue weighted by Gasteiger charge is 2.54. The summed E-state index contributed by atoms with van der Waals surface area (Å²) in [5.74, 6) is -1.72. The van der Waals surface area contributed by atoms with Crippen molar-refractivity contribution in [1.82, 2.24) is 10.6 Å². The third-order valence-electron chi connectivity index (χ3n) is 8.11. The van der Waals surface area contributed by atoms with Crippen LogP contribution in [0.3, 0.4) is 0 Å². The summed E-state index contributed by atoms with van der Waals surface area (Å²) in [7, 11) is 0. The van der Waals surface area contributed by atoms with E-state index in [1.54, 1.807) is 12.1 Å². The van der Waals surface area contributed by atoms with Crippen LogP contribution >= 0.6 is 95.6 Å². The molecule has 0 saturated carbocycles. The van der Waals surface area contributed by atoms with Crippen molar-refractivity contribution < 1.29 is 54.0 Å². The normalized spacial score (nSPS) is 30.1. The zero-order valence-corrected chi connectivity index (χ0v) is 34.6. The van der Waals surface area contributed by atoms with Gasteiger partial charge in [-0.3, -0.25) is 19.2 Å². The summed E-state index contributed by atoms with van der Waals surface area (Å²) in [6, 6.07) is 3.13. The molecule has 2 heterocycles. The number of allylic oxidation sites excluding steroid dienone is 2. The number of aliphatic hydroxyl groups is 4. The molecule has 5 rings (SSSR count). The smallest absolute Gasteiger partial charge is 0.269 e. The van der Waals surface area contributed by atoms with Gasteiger partial charge in [-0.15, -0.1) is 0 Å². The van der Waals surface area contributed by atoms with Gasteiger partial charge in [0.15, 0.2) is 22.8 Å². The lowest BCUT2D eigenvalue weighted by atomic mass is 9.83. The number of hydrogen-bond acceptors (Lipinski definition) is 13. The van der Waals surface area contributed by atoms with Gasteiger partial charge in [-0.05, 0) is 93.6 Å². The molecule has 2 aliphatic heterocycles. The number of carbonyl (C=O) groups excluding carboxylic acids is 4. The number of halogens is 6. The zero-order chi connectivity index (χ0) is 36.7. The summed E-state index contributed by atoms with van der Waals surface area (Å²) in [5, 5.41) is 55.2. The van der Waals surface area contributed by atoms with Crippen LogP contribution in [0.4, 0.5) is 0 Å². The summed E-state index contributed by atoms with van der Waals surface area (Å²) >= 11 is 19.3. The molecule has 0 bridgehead atoms. The average molecular weight is 1090 g/mol. The van der Waals surface area contributed by atoms with E-state index in [1.807, 2.05) is 0 Å². The SMILES string of the molecule is O=C(NC[C@@H](O)COc1c(Br)cc([C@@H](O)CNC(=O)C2=NO[C@]3(C=C(Br)C(=O)[C@H](Br)[C@@H]3O)C2)cc1Br)C1=NO[C@]2(C=C(Br)C(=O)[C@H](Br)[C@@H]2O)C1. The maximum absolute atomic E-state index is 12.8. The van der Waals surface area contributed by atoms with Crippen LogP contribution in [0.5, 0.6) is 5.75 Å². The van der Waals surface area contributed by atoms with E-state index in [9.17, 15) is 39.6 Å². The van der Waals surface area contributed by atoms with E-state index in [-0.39, 0.29) is 64.5 Å². The molecule has 0 aromatic heterocycles. The molecule has 50 heavy (non-hydrogen) atoms. The number of oxime groups is 2. The van der Waals surface area contributed by atoms with Crippen molar-refractivity contribution in [3.8, 4) is 5.75 Å². The van der Waals surface area contributed by atoms with Crippen molar-refractivity contribution in [2.24, 2.45) is 10.3 Å². The number of carbonyl (C=O) groups is 4. The largest absolute Gasteiger partial charge is 0.488 e. The number of ether oxygens (including phenoxy) is 1. The number of aliphatic hydroxyl groups excluding tert-OH is 4. The second kappa shape index (κ2) is 15.8. The second-order valence-electron chi connectivity index (χ2n) is 11.6. The minimum absolute atomic E-state index is 0.0323. The van der Waals surface area contributed by atoms with Gasteiger partial charge in [-0.1, -0.05) is 42.2 Å². The fourth-order valence-electron chi connectivity index (χ4n) is 5.31. The predicted molar refractivity (Wildman–Crippen MR) is 198 cm³/mol. The van der Waals surface area contributed by atoms with Crippen molar-refractivity contribution in [2.75, 3.05) is 19.7 Å². The average Bonchev–Trinajstić information content (AvgIpc) is 3.71. The Labute approximate surface area is 334 Å². The van der Waals surface area contributed by atoms with Crippen molar-refractivity contribution in [3.05, 3.63) is 47.8 Å². The summed E-state index contributed by atoms with van der Waals surface area (Å²) in [6.07, 6.45) is -2.36. The van der Waals surface area contributed by atoms with Crippen molar-refractivity contribution in [2.45, 2.75) is 58.1 Å². The number of nitrogens with one attached hydrogen (secondary N) is 2. The maximum atomic E-state index is 12.8. The molecule has 2 aliphatic carbocycles. The van der Waals surface area contributed by atoms with Gasteiger partial charge in [0.25, 0.3) is 11.8 Å². The van der Waals surface area contributed by atoms with E-state index in [4.69, 9.17) is 14.4 Å². The van der Waals surface area contributed by atoms with Crippen LogP contribution < -0.4 is 15.4 Å².